The predicted octanol–water partition coefficient (Wildman–Crippen LogP) is 33.5. The highest BCUT2D eigenvalue weighted by Gasteiger charge is 2.37. The minimum atomic E-state index is -0.421. The van der Waals surface area contributed by atoms with Crippen LogP contribution < -0.4 is 19.6 Å². The van der Waals surface area contributed by atoms with Crippen LogP contribution in [0.5, 0.6) is 0 Å². The molecule has 0 fully saturated rings. The molecule has 0 spiro atoms. The Morgan fingerprint density at radius 2 is 0.347 bits per heavy atom. The number of hydrogen-bond donors (Lipinski definition) is 0. The topological polar surface area (TPSA) is 13.0 Å². The monoisotopic (exact) mass is 1590 g/mol. The largest absolute Gasteiger partial charge is 0.311 e. The number of fused-ring (bicyclic) bond motifs is 6. The van der Waals surface area contributed by atoms with E-state index < -0.39 is 6.04 Å². The highest BCUT2D eigenvalue weighted by Crippen LogP contribution is 2.54. The lowest BCUT2D eigenvalue weighted by molar-refractivity contribution is 0.660. The average molecular weight is 1600 g/mol. The highest BCUT2D eigenvalue weighted by atomic mass is 15.2. The minimum absolute atomic E-state index is 0.0547. The van der Waals surface area contributed by atoms with E-state index in [2.05, 4.69) is 455 Å². The summed E-state index contributed by atoms with van der Waals surface area (Å²) in [6.07, 6.45) is 0. The highest BCUT2D eigenvalue weighted by molar-refractivity contribution is 5.91. The summed E-state index contributed by atoms with van der Waals surface area (Å²) in [4.78, 5) is 8.80. The van der Waals surface area contributed by atoms with Gasteiger partial charge >= 0.3 is 0 Å². The molecule has 0 amide bonds. The van der Waals surface area contributed by atoms with Gasteiger partial charge in [-0.1, -0.05) is 367 Å². The number of hydrogen-bond acceptors (Lipinski definition) is 4. The number of rotatable bonds is 19. The number of anilines is 12. The van der Waals surface area contributed by atoms with E-state index in [4.69, 9.17) is 6.85 Å². The van der Waals surface area contributed by atoms with Crippen LogP contribution in [0.25, 0.3) is 100 Å². The summed E-state index contributed by atoms with van der Waals surface area (Å²) in [5.41, 5.74) is 37.1. The smallest absolute Gasteiger partial charge is 0.0645 e. The van der Waals surface area contributed by atoms with Gasteiger partial charge in [0.25, 0.3) is 0 Å². The van der Waals surface area contributed by atoms with Crippen LogP contribution in [-0.4, -0.2) is 0 Å². The summed E-state index contributed by atoms with van der Waals surface area (Å²) in [7, 11) is 0. The van der Waals surface area contributed by atoms with Gasteiger partial charge in [-0.25, -0.2) is 0 Å². The Morgan fingerprint density at radius 1 is 0.153 bits per heavy atom. The van der Waals surface area contributed by atoms with E-state index in [9.17, 15) is 0 Å². The van der Waals surface area contributed by atoms with E-state index >= 15 is 0 Å². The van der Waals surface area contributed by atoms with Crippen LogP contribution in [-0.2, 0) is 10.8 Å². The first-order valence-electron chi connectivity index (χ1n) is 45.0. The van der Waals surface area contributed by atoms with E-state index in [0.717, 1.165) is 95.7 Å². The van der Waals surface area contributed by atoms with Gasteiger partial charge < -0.3 is 19.6 Å². The molecule has 0 N–H and O–H groups in total. The first kappa shape index (κ1) is 71.3. The van der Waals surface area contributed by atoms with Crippen molar-refractivity contribution in [3.63, 3.8) is 0 Å². The Balaban J connectivity index is 0.000000162. The van der Waals surface area contributed by atoms with Crippen LogP contribution in [0, 0.1) is 0 Å². The third-order valence-electron chi connectivity index (χ3n) is 24.7. The van der Waals surface area contributed by atoms with Crippen LogP contribution in [0.3, 0.4) is 0 Å². The van der Waals surface area contributed by atoms with Crippen molar-refractivity contribution in [3.8, 4) is 100 Å². The Hall–Kier alpha value is -15.6. The molecule has 0 radical (unpaired) electrons. The van der Waals surface area contributed by atoms with Crippen molar-refractivity contribution in [3.05, 3.63) is 507 Å². The van der Waals surface area contributed by atoms with Crippen LogP contribution in [0.2, 0.25) is 0 Å². The van der Waals surface area contributed by atoms with Crippen LogP contribution >= 0.6 is 0 Å². The zero-order valence-electron chi connectivity index (χ0n) is 74.6. The fourth-order valence-corrected chi connectivity index (χ4v) is 18.2. The Labute approximate surface area is 736 Å². The lowest BCUT2D eigenvalue weighted by Crippen LogP contribution is -2.16. The summed E-state index contributed by atoms with van der Waals surface area (Å²) in [5, 5.41) is 0. The number of benzene rings is 19. The Bertz CT molecular complexity index is 7050. The Morgan fingerprint density at radius 3 is 0.637 bits per heavy atom. The second-order valence-electron chi connectivity index (χ2n) is 32.9. The van der Waals surface area contributed by atoms with Crippen molar-refractivity contribution in [1.82, 2.24) is 0 Å². The third-order valence-corrected chi connectivity index (χ3v) is 24.7. The SMILES string of the molecule is CC1(C)c2ccccc2-c2cc(N(c3ccc(-c4ccccc4)cc3)c3ccc(-c4ccc(N(c5ccc(-c6ccccc6)cc5)c5ccc(-c6ccccc6)cc5)cc4)cc3)ccc21.[2H]c1c([2H])c([2H])c(N(c2ccc(-c3ccc(N(c4ccc(-c5ccccc5)cc4)c4ccc(-c5ccccc5)cc4)cc3)cc2)c2ccc3c(c2)C(C)(C)c2ccccc2-3)c([2H])c1[2H]. The molecule has 0 aromatic heterocycles. The molecule has 0 heterocycles. The maximum Gasteiger partial charge on any atom is 0.0645 e. The predicted molar refractivity (Wildman–Crippen MR) is 525 cm³/mol. The van der Waals surface area contributed by atoms with Crippen molar-refractivity contribution in [1.29, 1.82) is 0 Å². The molecule has 2 aliphatic carbocycles. The fraction of sp³-hybridized carbons (Fsp3) is 0.0500. The number of nitrogens with zero attached hydrogens (tertiary/aromatic N) is 4. The van der Waals surface area contributed by atoms with Gasteiger partial charge in [-0.05, 0) is 268 Å². The van der Waals surface area contributed by atoms with Gasteiger partial charge in [-0.15, -0.1) is 0 Å². The maximum atomic E-state index is 9.04. The molecule has 19 aromatic carbocycles. The van der Waals surface area contributed by atoms with E-state index in [-0.39, 0.29) is 40.7 Å². The lowest BCUT2D eigenvalue weighted by atomic mass is 9.82. The van der Waals surface area contributed by atoms with Crippen LogP contribution in [0.15, 0.2) is 485 Å². The molecule has 21 rings (SSSR count). The molecular weight excluding hydrogens is 1500 g/mol. The molecule has 0 aliphatic heterocycles. The molecular formula is C120H92N4. The summed E-state index contributed by atoms with van der Waals surface area (Å²) >= 11 is 0. The molecule has 19 aromatic rings. The van der Waals surface area contributed by atoms with Gasteiger partial charge in [-0.2, -0.15) is 0 Å². The van der Waals surface area contributed by atoms with Gasteiger partial charge in [0, 0.05) is 79.1 Å². The van der Waals surface area contributed by atoms with Crippen molar-refractivity contribution >= 4 is 68.2 Å². The zero-order valence-corrected chi connectivity index (χ0v) is 69.6. The molecule has 0 bridgehead atoms. The summed E-state index contributed by atoms with van der Waals surface area (Å²) in [6, 6.07) is 160. The summed E-state index contributed by atoms with van der Waals surface area (Å²) in [6.45, 7) is 9.09. The molecule has 0 atom stereocenters. The second kappa shape index (κ2) is 33.5. The van der Waals surface area contributed by atoms with Crippen molar-refractivity contribution in [2.45, 2.75) is 38.5 Å². The van der Waals surface area contributed by atoms with Gasteiger partial charge in [0.1, 0.15) is 0 Å². The van der Waals surface area contributed by atoms with Crippen molar-refractivity contribution in [2.24, 2.45) is 0 Å². The quantitative estimate of drug-likeness (QED) is 0.0800. The average Bonchev–Trinajstić information content (AvgIpc) is 1.60. The molecule has 592 valence electrons. The number of para-hydroxylation sites is 1. The van der Waals surface area contributed by atoms with Crippen molar-refractivity contribution < 1.29 is 6.85 Å². The van der Waals surface area contributed by atoms with Crippen LogP contribution in [0.4, 0.5) is 68.2 Å². The van der Waals surface area contributed by atoms with E-state index in [1.165, 1.54) is 77.9 Å². The molecule has 0 saturated carbocycles. The minimum Gasteiger partial charge on any atom is -0.311 e. The third kappa shape index (κ3) is 15.2. The first-order valence-corrected chi connectivity index (χ1v) is 42.5. The van der Waals surface area contributed by atoms with Gasteiger partial charge in [0.05, 0.1) is 6.85 Å². The molecule has 0 unspecified atom stereocenters. The van der Waals surface area contributed by atoms with Gasteiger partial charge in [-0.3, -0.25) is 0 Å². The maximum absolute atomic E-state index is 9.04. The zero-order chi connectivity index (χ0) is 87.9. The second-order valence-corrected chi connectivity index (χ2v) is 32.9. The standard InChI is InChI=1S/C63H48N2.C57H44N2/c1-63(2)61-21-13-12-20-59(61)60-44-58(42-43-62(60)63)65(56-38-26-50(27-39-56)47-18-10-5-11-19-47)57-40-30-52(31-41-57)51-28-36-55(37-29-51)64(53-32-22-48(23-33-53)45-14-6-3-7-15-45)54-34-24-49(25-35-54)46-16-8-4-9-17-46;1-57(2)55-21-13-12-20-53(55)54-39-38-52(40-56(54)57)59(47-18-10-5-11-19-47)51-36-28-46(29-37-51)45-26-34-50(35-27-45)58(48-30-22-43(23-31-48)41-14-6-3-7-15-41)49-32-24-44(25-33-49)42-16-8-4-9-17-42/h3-44H,1-2H3;3-40H,1-2H3/i;5D,10D,11D,18D,19D. The lowest BCUT2D eigenvalue weighted by Gasteiger charge is -2.28. The van der Waals surface area contributed by atoms with E-state index in [1.54, 1.807) is 4.90 Å². The summed E-state index contributed by atoms with van der Waals surface area (Å²) in [5.74, 6) is 0. The van der Waals surface area contributed by atoms with Gasteiger partial charge in [0.15, 0.2) is 0 Å². The molecule has 4 nitrogen and oxygen atoms in total. The molecule has 2 aliphatic rings. The molecule has 0 saturated heterocycles. The molecule has 4 heteroatoms. The van der Waals surface area contributed by atoms with E-state index in [1.807, 2.05) is 42.5 Å². The Kier molecular flexibility index (Phi) is 19.3. The van der Waals surface area contributed by atoms with Gasteiger partial charge in [0.2, 0.25) is 0 Å². The summed E-state index contributed by atoms with van der Waals surface area (Å²) < 4.78 is 43.6. The van der Waals surface area contributed by atoms with Crippen molar-refractivity contribution in [2.75, 3.05) is 19.6 Å². The fourth-order valence-electron chi connectivity index (χ4n) is 18.2. The molecule has 124 heavy (non-hydrogen) atoms. The van der Waals surface area contributed by atoms with Crippen LogP contribution in [0.1, 0.15) is 56.8 Å². The normalized spacial score (nSPS) is 12.9. The van der Waals surface area contributed by atoms with E-state index in [0.29, 0.717) is 11.4 Å². The first-order chi connectivity index (χ1) is 63.1.